The van der Waals surface area contributed by atoms with Crippen molar-refractivity contribution >= 4 is 34.2 Å². The smallest absolute Gasteiger partial charge is 0.294 e. The van der Waals surface area contributed by atoms with Crippen LogP contribution in [0.15, 0.2) is 83.9 Å². The van der Waals surface area contributed by atoms with E-state index in [0.29, 0.717) is 41.0 Å². The molecule has 1 unspecified atom stereocenters. The van der Waals surface area contributed by atoms with E-state index in [1.54, 1.807) is 35.0 Å². The fourth-order valence-corrected chi connectivity index (χ4v) is 6.07. The van der Waals surface area contributed by atoms with Crippen LogP contribution in [0, 0.1) is 6.92 Å². The van der Waals surface area contributed by atoms with E-state index in [0.717, 1.165) is 23.1 Å². The van der Waals surface area contributed by atoms with Gasteiger partial charge < -0.3 is 15.0 Å². The van der Waals surface area contributed by atoms with E-state index in [2.05, 4.69) is 32.3 Å². The number of H-pyrrole nitrogens is 1. The van der Waals surface area contributed by atoms with Gasteiger partial charge in [0, 0.05) is 30.1 Å². The van der Waals surface area contributed by atoms with Gasteiger partial charge in [-0.2, -0.15) is 0 Å². The van der Waals surface area contributed by atoms with Crippen molar-refractivity contribution in [3.63, 3.8) is 0 Å². The number of fused-ring (bicyclic) bond motifs is 4. The van der Waals surface area contributed by atoms with E-state index in [1.807, 2.05) is 42.2 Å². The summed E-state index contributed by atoms with van der Waals surface area (Å²) in [6.45, 7) is 2.47. The third-order valence-electron chi connectivity index (χ3n) is 7.99. The number of amides is 1. The minimum absolute atomic E-state index is 0.0569. The Morgan fingerprint density at radius 3 is 2.69 bits per heavy atom. The molecule has 1 amide bonds. The lowest BCUT2D eigenvalue weighted by molar-refractivity contribution is 0.0659. The zero-order valence-electron chi connectivity index (χ0n) is 22.6. The highest BCUT2D eigenvalue weighted by Crippen LogP contribution is 2.35. The number of aromatic hydroxyl groups is 1. The molecule has 1 aliphatic heterocycles. The summed E-state index contributed by atoms with van der Waals surface area (Å²) in [6, 6.07) is 20.4. The largest absolute Gasteiger partial charge is 0.506 e. The molecule has 0 fully saturated rings. The van der Waals surface area contributed by atoms with Gasteiger partial charge in [-0.25, -0.2) is 0 Å². The Hall–Kier alpha value is -5.02. The highest BCUT2D eigenvalue weighted by atomic mass is 35.5. The first-order chi connectivity index (χ1) is 20.4. The number of aryl methyl sites for hydroxylation is 1. The van der Waals surface area contributed by atoms with Crippen LogP contribution in [-0.2, 0) is 12.8 Å². The van der Waals surface area contributed by atoms with Gasteiger partial charge in [0.15, 0.2) is 5.82 Å². The normalized spacial score (nSPS) is 14.8. The zero-order chi connectivity index (χ0) is 29.0. The number of phenolic OH excluding ortho intramolecular Hbond substituents is 1. The van der Waals surface area contributed by atoms with Crippen LogP contribution in [0.5, 0.6) is 5.75 Å². The molecule has 3 aromatic heterocycles. The lowest BCUT2D eigenvalue weighted by atomic mass is 9.88. The molecule has 0 saturated heterocycles. The number of rotatable bonds is 4. The van der Waals surface area contributed by atoms with Gasteiger partial charge in [-0.05, 0) is 84.5 Å². The molecular formula is C32H25ClN6O3. The molecule has 0 radical (unpaired) electrons. The molecule has 2 N–H and O–H groups in total. The Kier molecular flexibility index (Phi) is 6.24. The second kappa shape index (κ2) is 10.1. The van der Waals surface area contributed by atoms with E-state index in [4.69, 9.17) is 11.6 Å². The Balaban J connectivity index is 1.34. The zero-order valence-corrected chi connectivity index (χ0v) is 23.3. The van der Waals surface area contributed by atoms with Gasteiger partial charge >= 0.3 is 0 Å². The molecule has 10 heteroatoms. The lowest BCUT2D eigenvalue weighted by Crippen LogP contribution is -2.41. The number of aromatic amines is 1. The summed E-state index contributed by atoms with van der Waals surface area (Å²) in [6.07, 6.45) is 4.96. The predicted molar refractivity (Wildman–Crippen MR) is 160 cm³/mol. The number of hydrogen-bond acceptors (Lipinski definition) is 6. The first-order valence-corrected chi connectivity index (χ1v) is 13.9. The number of pyridine rings is 1. The Labute approximate surface area is 245 Å². The number of phenols is 1. The van der Waals surface area contributed by atoms with E-state index in [1.165, 1.54) is 11.6 Å². The molecule has 9 nitrogen and oxygen atoms in total. The molecule has 42 heavy (non-hydrogen) atoms. The maximum absolute atomic E-state index is 14.3. The second-order valence-electron chi connectivity index (χ2n) is 10.5. The van der Waals surface area contributed by atoms with Gasteiger partial charge in [-0.3, -0.25) is 19.0 Å². The van der Waals surface area contributed by atoms with Crippen molar-refractivity contribution in [2.24, 2.45) is 0 Å². The molecule has 1 atom stereocenters. The van der Waals surface area contributed by atoms with Gasteiger partial charge in [-0.15, -0.1) is 10.2 Å². The molecule has 208 valence electrons. The molecule has 3 aromatic carbocycles. The number of benzene rings is 3. The van der Waals surface area contributed by atoms with E-state index >= 15 is 0 Å². The van der Waals surface area contributed by atoms with Gasteiger partial charge in [0.25, 0.3) is 11.5 Å². The Bertz CT molecular complexity index is 2070. The molecule has 4 heterocycles. The van der Waals surface area contributed by atoms with Crippen molar-refractivity contribution < 1.29 is 9.90 Å². The molecule has 6 aromatic rings. The molecule has 0 bridgehead atoms. The quantitative estimate of drug-likeness (QED) is 0.295. The molecule has 0 saturated carbocycles. The number of aromatic nitrogens is 5. The number of carbonyl (C=O) groups is 1. The molecular weight excluding hydrogens is 552 g/mol. The topological polar surface area (TPSA) is 116 Å². The molecule has 7 rings (SSSR count). The van der Waals surface area contributed by atoms with Gasteiger partial charge in [-0.1, -0.05) is 35.9 Å². The fraction of sp³-hybridized carbons (Fsp3) is 0.156. The SMILES string of the molecule is Cc1cc2c(cc1C(=O)N1CCc3ccccc3C1Cc1ccncc1)[nH]c(=O)c1nnc(-c3ccc(O)c(Cl)c3)n12. The minimum atomic E-state index is -0.434. The van der Waals surface area contributed by atoms with E-state index in [-0.39, 0.29) is 28.4 Å². The Morgan fingerprint density at radius 2 is 1.88 bits per heavy atom. The maximum atomic E-state index is 14.3. The maximum Gasteiger partial charge on any atom is 0.294 e. The lowest BCUT2D eigenvalue weighted by Gasteiger charge is -2.38. The van der Waals surface area contributed by atoms with Crippen LogP contribution in [0.2, 0.25) is 5.02 Å². The Morgan fingerprint density at radius 1 is 1.07 bits per heavy atom. The monoisotopic (exact) mass is 576 g/mol. The number of hydrogen-bond donors (Lipinski definition) is 2. The number of nitrogens with zero attached hydrogens (tertiary/aromatic N) is 5. The van der Waals surface area contributed by atoms with Crippen LogP contribution >= 0.6 is 11.6 Å². The fourth-order valence-electron chi connectivity index (χ4n) is 5.89. The van der Waals surface area contributed by atoms with Crippen molar-refractivity contribution in [2.45, 2.75) is 25.8 Å². The van der Waals surface area contributed by atoms with Crippen LogP contribution in [0.3, 0.4) is 0 Å². The van der Waals surface area contributed by atoms with Crippen molar-refractivity contribution in [3.05, 3.63) is 122 Å². The van der Waals surface area contributed by atoms with Crippen molar-refractivity contribution in [1.82, 2.24) is 29.5 Å². The summed E-state index contributed by atoms with van der Waals surface area (Å²) in [4.78, 5) is 36.3. The molecule has 0 aliphatic carbocycles. The summed E-state index contributed by atoms with van der Waals surface area (Å²) in [5, 5.41) is 18.4. The average molecular weight is 577 g/mol. The van der Waals surface area contributed by atoms with Crippen LogP contribution in [-0.4, -0.2) is 47.0 Å². The predicted octanol–water partition coefficient (Wildman–Crippen LogP) is 5.28. The van der Waals surface area contributed by atoms with Crippen molar-refractivity contribution in [1.29, 1.82) is 0 Å². The number of carbonyl (C=O) groups excluding carboxylic acids is 1. The molecule has 0 spiro atoms. The van der Waals surface area contributed by atoms with Crippen LogP contribution in [0.1, 0.15) is 38.7 Å². The van der Waals surface area contributed by atoms with Crippen LogP contribution in [0.4, 0.5) is 0 Å². The van der Waals surface area contributed by atoms with E-state index < -0.39 is 5.56 Å². The highest BCUT2D eigenvalue weighted by molar-refractivity contribution is 6.32. The van der Waals surface area contributed by atoms with Crippen LogP contribution in [0.25, 0.3) is 28.1 Å². The van der Waals surface area contributed by atoms with Gasteiger partial charge in [0.1, 0.15) is 5.75 Å². The average Bonchev–Trinajstić information content (AvgIpc) is 3.45. The summed E-state index contributed by atoms with van der Waals surface area (Å²) in [7, 11) is 0. The van der Waals surface area contributed by atoms with Crippen molar-refractivity contribution in [3.8, 4) is 17.1 Å². The third kappa shape index (κ3) is 4.29. The first kappa shape index (κ1) is 25.9. The van der Waals surface area contributed by atoms with Crippen molar-refractivity contribution in [2.75, 3.05) is 6.54 Å². The summed E-state index contributed by atoms with van der Waals surface area (Å²) < 4.78 is 1.65. The van der Waals surface area contributed by atoms with E-state index in [9.17, 15) is 14.7 Å². The first-order valence-electron chi connectivity index (χ1n) is 13.6. The molecule has 1 aliphatic rings. The summed E-state index contributed by atoms with van der Waals surface area (Å²) in [5.74, 6) is 0.239. The third-order valence-corrected chi connectivity index (χ3v) is 8.29. The number of nitrogens with one attached hydrogen (secondary N) is 1. The highest BCUT2D eigenvalue weighted by Gasteiger charge is 2.32. The summed E-state index contributed by atoms with van der Waals surface area (Å²) in [5.41, 5.74) is 6.14. The summed E-state index contributed by atoms with van der Waals surface area (Å²) >= 11 is 6.16. The number of halogens is 1. The van der Waals surface area contributed by atoms with Gasteiger partial charge in [0.05, 0.1) is 22.1 Å². The van der Waals surface area contributed by atoms with Gasteiger partial charge in [0.2, 0.25) is 5.65 Å². The standard InChI is InChI=1S/C32H25ClN6O3/c1-18-14-27-25(35-31(41)30-37-36-29(39(27)30)21-6-7-28(40)24(33)16-21)17-23(18)32(42)38-13-10-20-4-2-3-5-22(20)26(38)15-19-8-11-34-12-9-19/h2-9,11-12,14,16-17,26,40H,10,13,15H2,1H3,(H,35,41). The minimum Gasteiger partial charge on any atom is -0.506 e. The van der Waals surface area contributed by atoms with Crippen LogP contribution < -0.4 is 5.56 Å². The second-order valence-corrected chi connectivity index (χ2v) is 10.9.